The molecule has 1 fully saturated rings. The number of nitrogens with zero attached hydrogens (tertiary/aromatic N) is 4. The predicted molar refractivity (Wildman–Crippen MR) is 122 cm³/mol. The van der Waals surface area contributed by atoms with Gasteiger partial charge in [-0.25, -0.2) is 4.39 Å². The molecule has 0 spiro atoms. The summed E-state index contributed by atoms with van der Waals surface area (Å²) in [4.78, 5) is 4.81. The van der Waals surface area contributed by atoms with E-state index in [1.807, 2.05) is 12.1 Å². The van der Waals surface area contributed by atoms with Gasteiger partial charge in [-0.15, -0.1) is 10.2 Å². The van der Waals surface area contributed by atoms with E-state index in [2.05, 4.69) is 26.9 Å². The summed E-state index contributed by atoms with van der Waals surface area (Å²) in [5, 5.41) is 6.82. The fraction of sp³-hybridized carbons (Fsp3) is 0.417. The molecule has 2 N–H and O–H groups in total. The van der Waals surface area contributed by atoms with Gasteiger partial charge in [0.15, 0.2) is 0 Å². The lowest BCUT2D eigenvalue weighted by molar-refractivity contribution is 0.116. The van der Waals surface area contributed by atoms with Crippen LogP contribution in [0.5, 0.6) is 5.75 Å². The largest absolute Gasteiger partial charge is 0.492 e. The zero-order valence-corrected chi connectivity index (χ0v) is 19.0. The molecule has 34 heavy (non-hydrogen) atoms. The number of hydrogen-bond acceptors (Lipinski definition) is 7. The van der Waals surface area contributed by atoms with E-state index in [0.29, 0.717) is 23.6 Å². The smallest absolute Gasteiger partial charge is 0.314 e. The van der Waals surface area contributed by atoms with Crippen molar-refractivity contribution < 1.29 is 22.3 Å². The van der Waals surface area contributed by atoms with Gasteiger partial charge in [0.05, 0.1) is 0 Å². The van der Waals surface area contributed by atoms with Crippen LogP contribution in [-0.2, 0) is 6.42 Å². The number of halogens is 3. The van der Waals surface area contributed by atoms with Crippen LogP contribution in [0.2, 0.25) is 0 Å². The van der Waals surface area contributed by atoms with Gasteiger partial charge >= 0.3 is 6.43 Å². The molecule has 0 radical (unpaired) electrons. The number of likely N-dealkylation sites (N-methyl/N-ethyl adjacent to an activating group) is 1. The molecule has 2 heterocycles. The van der Waals surface area contributed by atoms with E-state index < -0.39 is 18.1 Å². The number of nitrogen functional groups attached to an aromatic ring is 1. The molecular weight excluding hydrogens is 447 g/mol. The minimum absolute atomic E-state index is 0.160. The SMILES string of the molecule is CCN1CCN(CCOc2ccc(N)c(Cc3ccc(-c4nnc(C(F)F)o4)cc3F)c2)CC1. The van der Waals surface area contributed by atoms with Crippen molar-refractivity contribution in [3.63, 3.8) is 0 Å². The fourth-order valence-electron chi connectivity index (χ4n) is 3.92. The molecular formula is C24H28F3N5O2. The third kappa shape index (κ3) is 5.87. The van der Waals surface area contributed by atoms with Crippen molar-refractivity contribution >= 4 is 5.69 Å². The van der Waals surface area contributed by atoms with E-state index >= 15 is 0 Å². The molecule has 1 aromatic heterocycles. The maximum absolute atomic E-state index is 14.8. The fourth-order valence-corrected chi connectivity index (χ4v) is 3.92. The first kappa shape index (κ1) is 24.0. The predicted octanol–water partition coefficient (Wildman–Crippen LogP) is 4.00. The molecule has 0 amide bonds. The number of benzene rings is 2. The lowest BCUT2D eigenvalue weighted by Gasteiger charge is -2.33. The first-order valence-electron chi connectivity index (χ1n) is 11.3. The first-order chi connectivity index (χ1) is 16.4. The summed E-state index contributed by atoms with van der Waals surface area (Å²) in [5.74, 6) is -0.802. The Morgan fingerprint density at radius 3 is 2.47 bits per heavy atom. The highest BCUT2D eigenvalue weighted by atomic mass is 19.3. The van der Waals surface area contributed by atoms with Crippen LogP contribution in [0.15, 0.2) is 40.8 Å². The zero-order valence-electron chi connectivity index (χ0n) is 19.0. The van der Waals surface area contributed by atoms with E-state index in [0.717, 1.165) is 44.8 Å². The molecule has 4 rings (SSSR count). The zero-order chi connectivity index (χ0) is 24.1. The maximum atomic E-state index is 14.8. The summed E-state index contributed by atoms with van der Waals surface area (Å²) >= 11 is 0. The Morgan fingerprint density at radius 1 is 1.03 bits per heavy atom. The molecule has 1 aliphatic rings. The van der Waals surface area contributed by atoms with Crippen molar-refractivity contribution in [2.24, 2.45) is 0 Å². The number of aromatic nitrogens is 2. The van der Waals surface area contributed by atoms with Gasteiger partial charge in [0.2, 0.25) is 5.89 Å². The highest BCUT2D eigenvalue weighted by Crippen LogP contribution is 2.27. The minimum atomic E-state index is -2.88. The van der Waals surface area contributed by atoms with Crippen LogP contribution in [-0.4, -0.2) is 65.9 Å². The summed E-state index contributed by atoms with van der Waals surface area (Å²) in [6, 6.07) is 9.68. The summed E-state index contributed by atoms with van der Waals surface area (Å²) in [6.07, 6.45) is -2.63. The number of rotatable bonds is 9. The van der Waals surface area contributed by atoms with Gasteiger partial charge in [0.1, 0.15) is 18.2 Å². The third-order valence-electron chi connectivity index (χ3n) is 6.01. The Balaban J connectivity index is 1.37. The average Bonchev–Trinajstić information content (AvgIpc) is 3.33. The summed E-state index contributed by atoms with van der Waals surface area (Å²) in [5.41, 5.74) is 8.01. The van der Waals surface area contributed by atoms with Crippen LogP contribution in [0.4, 0.5) is 18.9 Å². The molecule has 3 aromatic rings. The number of piperazine rings is 1. The number of alkyl halides is 2. The first-order valence-corrected chi connectivity index (χ1v) is 11.3. The van der Waals surface area contributed by atoms with Crippen LogP contribution in [0.1, 0.15) is 30.4 Å². The molecule has 10 heteroatoms. The van der Waals surface area contributed by atoms with Gasteiger partial charge in [0, 0.05) is 50.4 Å². The van der Waals surface area contributed by atoms with Crippen molar-refractivity contribution in [2.75, 3.05) is 51.6 Å². The quantitative estimate of drug-likeness (QED) is 0.469. The van der Waals surface area contributed by atoms with E-state index in [9.17, 15) is 13.2 Å². The van der Waals surface area contributed by atoms with Crippen molar-refractivity contribution in [2.45, 2.75) is 19.8 Å². The van der Waals surface area contributed by atoms with Crippen LogP contribution < -0.4 is 10.5 Å². The van der Waals surface area contributed by atoms with Crippen molar-refractivity contribution in [3.05, 3.63) is 59.2 Å². The Bertz CT molecular complexity index is 1100. The van der Waals surface area contributed by atoms with E-state index in [1.165, 1.54) is 6.07 Å². The summed E-state index contributed by atoms with van der Waals surface area (Å²) < 4.78 is 50.9. The number of anilines is 1. The van der Waals surface area contributed by atoms with Crippen molar-refractivity contribution in [3.8, 4) is 17.2 Å². The van der Waals surface area contributed by atoms with Crippen molar-refractivity contribution in [1.82, 2.24) is 20.0 Å². The van der Waals surface area contributed by atoms with Gasteiger partial charge in [-0.05, 0) is 48.0 Å². The summed E-state index contributed by atoms with van der Waals surface area (Å²) in [7, 11) is 0. The standard InChI is InChI=1S/C24H28F3N5O2/c1-2-31-7-9-32(10-8-31)11-12-33-19-5-6-21(28)18(14-19)13-16-3-4-17(15-20(16)25)23-29-30-24(34-23)22(26)27/h3-6,14-15,22H,2,7-13,28H2,1H3. The van der Waals surface area contributed by atoms with Crippen molar-refractivity contribution in [1.29, 1.82) is 0 Å². The maximum Gasteiger partial charge on any atom is 0.314 e. The summed E-state index contributed by atoms with van der Waals surface area (Å²) in [6.45, 7) is 8.88. The van der Waals surface area contributed by atoms with Gasteiger partial charge in [-0.3, -0.25) is 4.90 Å². The van der Waals surface area contributed by atoms with Gasteiger partial charge in [-0.1, -0.05) is 13.0 Å². The molecule has 0 aliphatic carbocycles. The van der Waals surface area contributed by atoms with E-state index in [1.54, 1.807) is 18.2 Å². The Morgan fingerprint density at radius 2 is 1.79 bits per heavy atom. The van der Waals surface area contributed by atoms with Crippen LogP contribution in [0.3, 0.4) is 0 Å². The van der Waals surface area contributed by atoms with Crippen LogP contribution in [0.25, 0.3) is 11.5 Å². The molecule has 7 nitrogen and oxygen atoms in total. The highest BCUT2D eigenvalue weighted by Gasteiger charge is 2.18. The lowest BCUT2D eigenvalue weighted by atomic mass is 10.0. The molecule has 0 bridgehead atoms. The van der Waals surface area contributed by atoms with Gasteiger partial charge < -0.3 is 19.8 Å². The van der Waals surface area contributed by atoms with Gasteiger partial charge in [0.25, 0.3) is 5.89 Å². The van der Waals surface area contributed by atoms with E-state index in [4.69, 9.17) is 14.9 Å². The molecule has 1 aliphatic heterocycles. The van der Waals surface area contributed by atoms with E-state index in [-0.39, 0.29) is 17.9 Å². The van der Waals surface area contributed by atoms with Crippen LogP contribution in [0, 0.1) is 5.82 Å². The number of hydrogen-bond donors (Lipinski definition) is 1. The number of ether oxygens (including phenoxy) is 1. The van der Waals surface area contributed by atoms with Gasteiger partial charge in [-0.2, -0.15) is 8.78 Å². The molecule has 182 valence electrons. The normalized spacial score (nSPS) is 15.2. The Kier molecular flexibility index (Phi) is 7.69. The Hall–Kier alpha value is -3.11. The molecule has 0 unspecified atom stereocenters. The topological polar surface area (TPSA) is 80.7 Å². The second-order valence-corrected chi connectivity index (χ2v) is 8.21. The molecule has 2 aromatic carbocycles. The average molecular weight is 476 g/mol. The molecule has 0 atom stereocenters. The molecule has 1 saturated heterocycles. The second-order valence-electron chi connectivity index (χ2n) is 8.21. The highest BCUT2D eigenvalue weighted by molar-refractivity contribution is 5.56. The third-order valence-corrected chi connectivity index (χ3v) is 6.01. The Labute approximate surface area is 196 Å². The van der Waals surface area contributed by atoms with Crippen LogP contribution >= 0.6 is 0 Å². The minimum Gasteiger partial charge on any atom is -0.492 e. The number of nitrogens with two attached hydrogens (primary N) is 1. The lowest BCUT2D eigenvalue weighted by Crippen LogP contribution is -2.47. The monoisotopic (exact) mass is 475 g/mol. The second kappa shape index (κ2) is 10.9. The molecule has 0 saturated carbocycles.